The molecule has 2 atom stereocenters. The number of rotatable bonds is 9. The molecule has 5 heteroatoms. The van der Waals surface area contributed by atoms with Crippen molar-refractivity contribution >= 4 is 12.2 Å². The van der Waals surface area contributed by atoms with Crippen LogP contribution in [0, 0.1) is 5.92 Å². The van der Waals surface area contributed by atoms with Gasteiger partial charge in [0.15, 0.2) is 0 Å². The first-order valence-corrected chi connectivity index (χ1v) is 6.54. The van der Waals surface area contributed by atoms with E-state index in [2.05, 4.69) is 19.2 Å². The molecule has 5 nitrogen and oxygen atoms in total. The molecule has 2 unspecified atom stereocenters. The lowest BCUT2D eigenvalue weighted by Crippen LogP contribution is -2.48. The average Bonchev–Trinajstić information content (AvgIpc) is 2.30. The highest BCUT2D eigenvalue weighted by atomic mass is 16.2. The van der Waals surface area contributed by atoms with E-state index in [1.807, 2.05) is 19.0 Å². The number of hydrogen-bond acceptors (Lipinski definition) is 4. The third-order valence-electron chi connectivity index (χ3n) is 2.83. The van der Waals surface area contributed by atoms with Crippen LogP contribution in [0.4, 0.5) is 0 Å². The molecule has 0 aromatic heterocycles. The molecule has 0 radical (unpaired) electrons. The minimum atomic E-state index is -0.421. The smallest absolute Gasteiger partial charge is 0.237 e. The lowest BCUT2D eigenvalue weighted by Gasteiger charge is -2.26. The molecule has 0 saturated heterocycles. The average molecular weight is 257 g/mol. The van der Waals surface area contributed by atoms with Crippen LogP contribution in [0.3, 0.4) is 0 Å². The van der Waals surface area contributed by atoms with Gasteiger partial charge in [0, 0.05) is 0 Å². The van der Waals surface area contributed by atoms with Crippen molar-refractivity contribution in [3.8, 4) is 0 Å². The largest absolute Gasteiger partial charge is 0.345 e. The Morgan fingerprint density at radius 1 is 1.39 bits per heavy atom. The summed E-state index contributed by atoms with van der Waals surface area (Å²) >= 11 is 0. The summed E-state index contributed by atoms with van der Waals surface area (Å²) in [4.78, 5) is 24.9. The summed E-state index contributed by atoms with van der Waals surface area (Å²) in [5.41, 5.74) is 5.40. The van der Waals surface area contributed by atoms with Crippen molar-refractivity contribution in [3.63, 3.8) is 0 Å². The van der Waals surface area contributed by atoms with Crippen LogP contribution in [-0.2, 0) is 9.59 Å². The molecule has 0 rings (SSSR count). The standard InChI is InChI=1S/C13H27N3O2/c1-10(2)8-12(16(3)4)13(18)15-11(9-17)6-5-7-14/h9-12H,5-8,14H2,1-4H3,(H,15,18). The monoisotopic (exact) mass is 257 g/mol. The quantitative estimate of drug-likeness (QED) is 0.586. The Balaban J connectivity index is 4.42. The van der Waals surface area contributed by atoms with Gasteiger partial charge in [0.2, 0.25) is 5.91 Å². The minimum Gasteiger partial charge on any atom is -0.345 e. The molecule has 0 aliphatic heterocycles. The van der Waals surface area contributed by atoms with E-state index in [4.69, 9.17) is 5.73 Å². The highest BCUT2D eigenvalue weighted by Gasteiger charge is 2.23. The number of likely N-dealkylation sites (N-methyl/N-ethyl adjacent to an activating group) is 1. The van der Waals surface area contributed by atoms with Crippen molar-refractivity contribution in [2.24, 2.45) is 11.7 Å². The van der Waals surface area contributed by atoms with E-state index in [0.29, 0.717) is 18.9 Å². The molecule has 0 bridgehead atoms. The number of carbonyl (C=O) groups is 2. The number of nitrogens with one attached hydrogen (secondary N) is 1. The van der Waals surface area contributed by atoms with Gasteiger partial charge in [-0.3, -0.25) is 9.69 Å². The van der Waals surface area contributed by atoms with Crippen LogP contribution in [0.2, 0.25) is 0 Å². The van der Waals surface area contributed by atoms with Crippen LogP contribution in [0.15, 0.2) is 0 Å². The van der Waals surface area contributed by atoms with Crippen LogP contribution >= 0.6 is 0 Å². The lowest BCUT2D eigenvalue weighted by atomic mass is 10.0. The molecule has 1 amide bonds. The van der Waals surface area contributed by atoms with Crippen LogP contribution < -0.4 is 11.1 Å². The van der Waals surface area contributed by atoms with E-state index >= 15 is 0 Å². The van der Waals surface area contributed by atoms with Crippen molar-refractivity contribution < 1.29 is 9.59 Å². The highest BCUT2D eigenvalue weighted by molar-refractivity contribution is 5.84. The van der Waals surface area contributed by atoms with Gasteiger partial charge in [-0.25, -0.2) is 0 Å². The predicted octanol–water partition coefficient (Wildman–Crippen LogP) is 0.385. The second-order valence-corrected chi connectivity index (χ2v) is 5.29. The predicted molar refractivity (Wildman–Crippen MR) is 73.2 cm³/mol. The van der Waals surface area contributed by atoms with Gasteiger partial charge >= 0.3 is 0 Å². The van der Waals surface area contributed by atoms with Crippen molar-refractivity contribution in [2.75, 3.05) is 20.6 Å². The van der Waals surface area contributed by atoms with Gasteiger partial charge in [-0.05, 0) is 45.8 Å². The van der Waals surface area contributed by atoms with Gasteiger partial charge in [0.1, 0.15) is 6.29 Å². The summed E-state index contributed by atoms with van der Waals surface area (Å²) in [5, 5.41) is 2.78. The normalized spacial score (nSPS) is 14.6. The fraction of sp³-hybridized carbons (Fsp3) is 0.846. The van der Waals surface area contributed by atoms with E-state index < -0.39 is 6.04 Å². The third-order valence-corrected chi connectivity index (χ3v) is 2.83. The van der Waals surface area contributed by atoms with Crippen LogP contribution in [0.25, 0.3) is 0 Å². The molecular weight excluding hydrogens is 230 g/mol. The zero-order valence-electron chi connectivity index (χ0n) is 12.0. The molecule has 106 valence electrons. The van der Waals surface area contributed by atoms with Gasteiger partial charge in [0.05, 0.1) is 12.1 Å². The summed E-state index contributed by atoms with van der Waals surface area (Å²) in [6.45, 7) is 4.69. The molecule has 0 aliphatic carbocycles. The van der Waals surface area contributed by atoms with Crippen molar-refractivity contribution in [2.45, 2.75) is 45.2 Å². The van der Waals surface area contributed by atoms with E-state index in [9.17, 15) is 9.59 Å². The lowest BCUT2D eigenvalue weighted by molar-refractivity contribution is -0.128. The molecule has 0 aromatic carbocycles. The first kappa shape index (κ1) is 17.1. The zero-order chi connectivity index (χ0) is 14.1. The Labute approximate surface area is 110 Å². The molecule has 0 saturated carbocycles. The Hall–Kier alpha value is -0.940. The van der Waals surface area contributed by atoms with E-state index in [1.165, 1.54) is 0 Å². The number of nitrogens with two attached hydrogens (primary N) is 1. The Kier molecular flexibility index (Phi) is 8.58. The van der Waals surface area contributed by atoms with Crippen molar-refractivity contribution in [3.05, 3.63) is 0 Å². The summed E-state index contributed by atoms with van der Waals surface area (Å²) in [6, 6.07) is -0.610. The fourth-order valence-electron chi connectivity index (χ4n) is 1.79. The zero-order valence-corrected chi connectivity index (χ0v) is 12.0. The number of nitrogens with zero attached hydrogens (tertiary/aromatic N) is 1. The number of hydrogen-bond donors (Lipinski definition) is 2. The summed E-state index contributed by atoms with van der Waals surface area (Å²) in [6.07, 6.45) is 2.91. The van der Waals surface area contributed by atoms with Crippen LogP contribution in [-0.4, -0.2) is 49.8 Å². The van der Waals surface area contributed by atoms with E-state index in [-0.39, 0.29) is 11.9 Å². The minimum absolute atomic E-state index is 0.0807. The van der Waals surface area contributed by atoms with Gasteiger partial charge in [-0.1, -0.05) is 13.8 Å². The van der Waals surface area contributed by atoms with Crippen LogP contribution in [0.5, 0.6) is 0 Å². The van der Waals surface area contributed by atoms with Crippen molar-refractivity contribution in [1.82, 2.24) is 10.2 Å². The maximum Gasteiger partial charge on any atom is 0.237 e. The molecule has 3 N–H and O–H groups in total. The second kappa shape index (κ2) is 9.05. The molecular formula is C13H27N3O2. The summed E-state index contributed by atoms with van der Waals surface area (Å²) in [7, 11) is 3.75. The summed E-state index contributed by atoms with van der Waals surface area (Å²) < 4.78 is 0. The number of carbonyl (C=O) groups excluding carboxylic acids is 2. The van der Waals surface area contributed by atoms with Gasteiger partial charge in [-0.2, -0.15) is 0 Å². The second-order valence-electron chi connectivity index (χ2n) is 5.29. The molecule has 0 aliphatic rings. The van der Waals surface area contributed by atoms with Crippen molar-refractivity contribution in [1.29, 1.82) is 0 Å². The SMILES string of the molecule is CC(C)CC(C(=O)NC(C=O)CCCN)N(C)C. The van der Waals surface area contributed by atoms with Gasteiger partial charge in [-0.15, -0.1) is 0 Å². The van der Waals surface area contributed by atoms with Crippen LogP contribution in [0.1, 0.15) is 33.1 Å². The molecule has 18 heavy (non-hydrogen) atoms. The van der Waals surface area contributed by atoms with Gasteiger partial charge < -0.3 is 15.8 Å². The maximum absolute atomic E-state index is 12.1. The topological polar surface area (TPSA) is 75.4 Å². The molecule has 0 fully saturated rings. The fourth-order valence-corrected chi connectivity index (χ4v) is 1.79. The first-order chi connectivity index (χ1) is 8.42. The third kappa shape index (κ3) is 6.71. The van der Waals surface area contributed by atoms with Gasteiger partial charge in [0.25, 0.3) is 0 Å². The van der Waals surface area contributed by atoms with E-state index in [0.717, 1.165) is 19.1 Å². The maximum atomic E-state index is 12.1. The first-order valence-electron chi connectivity index (χ1n) is 6.54. The Bertz CT molecular complexity index is 255. The number of amides is 1. The number of aldehydes is 1. The molecule has 0 aromatic rings. The Morgan fingerprint density at radius 3 is 2.39 bits per heavy atom. The molecule has 0 spiro atoms. The summed E-state index contributed by atoms with van der Waals surface area (Å²) in [5.74, 6) is 0.352. The molecule has 0 heterocycles. The Morgan fingerprint density at radius 2 is 2.00 bits per heavy atom. The highest BCUT2D eigenvalue weighted by Crippen LogP contribution is 2.09. The van der Waals surface area contributed by atoms with E-state index in [1.54, 1.807) is 0 Å².